The first-order valence-electron chi connectivity index (χ1n) is 7.16. The molecule has 0 saturated heterocycles. The molecule has 2 fully saturated rings. The monoisotopic (exact) mass is 283 g/mol. The van der Waals surface area contributed by atoms with Gasteiger partial charge in [0.2, 0.25) is 0 Å². The molecular formula is C14H21NO3S. The van der Waals surface area contributed by atoms with Crippen LogP contribution in [-0.4, -0.2) is 19.7 Å². The molecule has 0 atom stereocenters. The van der Waals surface area contributed by atoms with Crippen LogP contribution in [0.5, 0.6) is 0 Å². The predicted molar refractivity (Wildman–Crippen MR) is 73.4 cm³/mol. The summed E-state index contributed by atoms with van der Waals surface area (Å²) < 4.78 is 30.0. The van der Waals surface area contributed by atoms with E-state index in [0.717, 1.165) is 31.4 Å². The molecule has 0 spiro atoms. The summed E-state index contributed by atoms with van der Waals surface area (Å²) in [6.07, 6.45) is 6.20. The quantitative estimate of drug-likeness (QED) is 0.871. The fourth-order valence-electron chi connectivity index (χ4n) is 2.69. The van der Waals surface area contributed by atoms with Gasteiger partial charge in [0.15, 0.2) is 9.84 Å². The molecule has 2 aliphatic rings. The van der Waals surface area contributed by atoms with Gasteiger partial charge in [0.1, 0.15) is 17.3 Å². The largest absolute Gasteiger partial charge is 0.464 e. The Balaban J connectivity index is 1.59. The van der Waals surface area contributed by atoms with Crippen LogP contribution < -0.4 is 5.32 Å². The average molecular weight is 283 g/mol. The second kappa shape index (κ2) is 5.29. The third kappa shape index (κ3) is 3.39. The molecule has 3 rings (SSSR count). The van der Waals surface area contributed by atoms with Gasteiger partial charge < -0.3 is 9.73 Å². The van der Waals surface area contributed by atoms with Crippen molar-refractivity contribution in [2.45, 2.75) is 62.1 Å². The van der Waals surface area contributed by atoms with Crippen molar-refractivity contribution < 1.29 is 12.8 Å². The van der Waals surface area contributed by atoms with E-state index in [4.69, 9.17) is 4.42 Å². The first-order chi connectivity index (χ1) is 9.13. The molecule has 4 nitrogen and oxygen atoms in total. The van der Waals surface area contributed by atoms with E-state index in [1.54, 1.807) is 6.07 Å². The Morgan fingerprint density at radius 1 is 1.11 bits per heavy atom. The molecule has 1 aromatic rings. The van der Waals surface area contributed by atoms with E-state index in [0.29, 0.717) is 18.3 Å². The van der Waals surface area contributed by atoms with Crippen LogP contribution in [0.4, 0.5) is 0 Å². The second-order valence-electron chi connectivity index (χ2n) is 5.74. The zero-order valence-electron chi connectivity index (χ0n) is 11.1. The number of nitrogens with one attached hydrogen (secondary N) is 1. The van der Waals surface area contributed by atoms with Gasteiger partial charge in [-0.1, -0.05) is 12.8 Å². The number of hydrogen-bond donors (Lipinski definition) is 1. The van der Waals surface area contributed by atoms with Crippen molar-refractivity contribution in [2.24, 2.45) is 0 Å². The van der Waals surface area contributed by atoms with Crippen molar-refractivity contribution in [3.05, 3.63) is 23.7 Å². The molecule has 0 radical (unpaired) electrons. The molecule has 19 heavy (non-hydrogen) atoms. The molecule has 0 unspecified atom stereocenters. The van der Waals surface area contributed by atoms with Gasteiger partial charge in [0.05, 0.1) is 11.8 Å². The van der Waals surface area contributed by atoms with Crippen LogP contribution in [-0.2, 0) is 22.1 Å². The highest BCUT2D eigenvalue weighted by atomic mass is 32.2. The van der Waals surface area contributed by atoms with Crippen molar-refractivity contribution >= 4 is 9.84 Å². The van der Waals surface area contributed by atoms with Crippen LogP contribution >= 0.6 is 0 Å². The SMILES string of the molecule is O=S(=O)(Cc1ccc(CNC2CC2)o1)C1CCCC1. The Hall–Kier alpha value is -0.810. The summed E-state index contributed by atoms with van der Waals surface area (Å²) in [6, 6.07) is 4.32. The normalized spacial score (nSPS) is 21.1. The van der Waals surface area contributed by atoms with Gasteiger partial charge in [0.25, 0.3) is 0 Å². The highest BCUT2D eigenvalue weighted by Gasteiger charge is 2.29. The zero-order valence-corrected chi connectivity index (χ0v) is 11.9. The summed E-state index contributed by atoms with van der Waals surface area (Å²) in [4.78, 5) is 0. The summed E-state index contributed by atoms with van der Waals surface area (Å²) in [5, 5.41) is 3.21. The molecule has 0 aromatic carbocycles. The molecule has 0 amide bonds. The van der Waals surface area contributed by atoms with Crippen molar-refractivity contribution in [1.82, 2.24) is 5.32 Å². The lowest BCUT2D eigenvalue weighted by Crippen LogP contribution is -2.19. The molecule has 0 aliphatic heterocycles. The van der Waals surface area contributed by atoms with E-state index in [1.165, 1.54) is 12.8 Å². The Morgan fingerprint density at radius 3 is 2.47 bits per heavy atom. The Kier molecular flexibility index (Phi) is 3.67. The van der Waals surface area contributed by atoms with Crippen LogP contribution in [0.3, 0.4) is 0 Å². The van der Waals surface area contributed by atoms with E-state index in [-0.39, 0.29) is 11.0 Å². The molecular weight excluding hydrogens is 262 g/mol. The maximum absolute atomic E-state index is 12.2. The number of sulfone groups is 1. The lowest BCUT2D eigenvalue weighted by atomic mass is 10.4. The van der Waals surface area contributed by atoms with E-state index in [9.17, 15) is 8.42 Å². The van der Waals surface area contributed by atoms with Crippen LogP contribution in [0.2, 0.25) is 0 Å². The first-order valence-corrected chi connectivity index (χ1v) is 8.87. The third-order valence-corrected chi connectivity index (χ3v) is 6.19. The summed E-state index contributed by atoms with van der Waals surface area (Å²) in [5.41, 5.74) is 0. The molecule has 5 heteroatoms. The first kappa shape index (κ1) is 13.2. The van der Waals surface area contributed by atoms with Crippen LogP contribution in [0, 0.1) is 0 Å². The number of hydrogen-bond acceptors (Lipinski definition) is 4. The van der Waals surface area contributed by atoms with E-state index >= 15 is 0 Å². The van der Waals surface area contributed by atoms with E-state index in [2.05, 4.69) is 5.32 Å². The minimum atomic E-state index is -3.03. The Labute approximate surface area is 114 Å². The fourth-order valence-corrected chi connectivity index (χ4v) is 4.53. The summed E-state index contributed by atoms with van der Waals surface area (Å²) in [6.45, 7) is 0.703. The maximum atomic E-state index is 12.2. The molecule has 1 heterocycles. The van der Waals surface area contributed by atoms with Gasteiger partial charge in [-0.3, -0.25) is 0 Å². The van der Waals surface area contributed by atoms with E-state index < -0.39 is 9.84 Å². The molecule has 1 aromatic heterocycles. The standard InChI is InChI=1S/C14H21NO3S/c16-19(17,14-3-1-2-4-14)10-13-8-7-12(18-13)9-15-11-5-6-11/h7-8,11,14-15H,1-6,9-10H2. The Bertz CT molecular complexity index is 525. The van der Waals surface area contributed by atoms with Crippen LogP contribution in [0.15, 0.2) is 16.5 Å². The van der Waals surface area contributed by atoms with E-state index in [1.807, 2.05) is 6.07 Å². The van der Waals surface area contributed by atoms with Gasteiger partial charge in [-0.2, -0.15) is 0 Å². The highest BCUT2D eigenvalue weighted by molar-refractivity contribution is 7.91. The van der Waals surface area contributed by atoms with Gasteiger partial charge in [-0.05, 0) is 37.8 Å². The minimum Gasteiger partial charge on any atom is -0.464 e. The van der Waals surface area contributed by atoms with Crippen LogP contribution in [0.1, 0.15) is 50.0 Å². The van der Waals surface area contributed by atoms with Crippen molar-refractivity contribution in [3.63, 3.8) is 0 Å². The summed E-state index contributed by atoms with van der Waals surface area (Å²) in [7, 11) is -3.03. The summed E-state index contributed by atoms with van der Waals surface area (Å²) >= 11 is 0. The minimum absolute atomic E-state index is 0.0566. The molecule has 106 valence electrons. The van der Waals surface area contributed by atoms with Crippen molar-refractivity contribution in [1.29, 1.82) is 0 Å². The van der Waals surface area contributed by atoms with Crippen LogP contribution in [0.25, 0.3) is 0 Å². The Morgan fingerprint density at radius 2 is 1.79 bits per heavy atom. The third-order valence-electron chi connectivity index (χ3n) is 4.01. The molecule has 0 bridgehead atoms. The van der Waals surface area contributed by atoms with Gasteiger partial charge >= 0.3 is 0 Å². The lowest BCUT2D eigenvalue weighted by Gasteiger charge is -2.09. The van der Waals surface area contributed by atoms with Gasteiger partial charge in [-0.25, -0.2) is 8.42 Å². The smallest absolute Gasteiger partial charge is 0.160 e. The van der Waals surface area contributed by atoms with Gasteiger partial charge in [0, 0.05) is 6.04 Å². The maximum Gasteiger partial charge on any atom is 0.160 e. The fraction of sp³-hybridized carbons (Fsp3) is 0.714. The second-order valence-corrected chi connectivity index (χ2v) is 8.02. The van der Waals surface area contributed by atoms with Crippen molar-refractivity contribution in [3.8, 4) is 0 Å². The molecule has 2 aliphatic carbocycles. The molecule has 2 saturated carbocycles. The zero-order chi connectivity index (χ0) is 13.3. The molecule has 1 N–H and O–H groups in total. The predicted octanol–water partition coefficient (Wildman–Crippen LogP) is 2.39. The topological polar surface area (TPSA) is 59.3 Å². The van der Waals surface area contributed by atoms with Crippen molar-refractivity contribution in [2.75, 3.05) is 0 Å². The summed E-state index contributed by atoms with van der Waals surface area (Å²) in [5.74, 6) is 1.48. The average Bonchev–Trinajstić information content (AvgIpc) is 2.87. The number of rotatable bonds is 6. The number of furan rings is 1. The van der Waals surface area contributed by atoms with Gasteiger partial charge in [-0.15, -0.1) is 0 Å². The lowest BCUT2D eigenvalue weighted by molar-refractivity contribution is 0.454. The highest BCUT2D eigenvalue weighted by Crippen LogP contribution is 2.27.